The second-order valence-corrected chi connectivity index (χ2v) is 16.3. The van der Waals surface area contributed by atoms with Crippen LogP contribution < -0.4 is 21.2 Å². The molecule has 5 N–H and O–H groups in total. The highest BCUT2D eigenvalue weighted by molar-refractivity contribution is 7.89. The Balaban J connectivity index is 0.00000117. The zero-order valence-electron chi connectivity index (χ0n) is 29.2. The molecule has 1 saturated heterocycles. The van der Waals surface area contributed by atoms with Gasteiger partial charge >= 0.3 is 0 Å². The SMILES string of the molecule is CS(=O)(=O)O.Cc1cc(C)c2cccc(OCc3c(Cl)ccc(S(=O)(=O)N4CCCC4C(=O)NCCCNC(=O)c4ccc(C=NN)cc4)c3Cl)c2n1. The summed E-state index contributed by atoms with van der Waals surface area (Å²) < 4.78 is 61.0. The number of aryl methyl sites for hydroxylation is 2. The van der Waals surface area contributed by atoms with Crippen LogP contribution in [0.1, 0.15) is 52.0 Å². The normalized spacial score (nSPS) is 14.9. The van der Waals surface area contributed by atoms with Crippen LogP contribution in [-0.2, 0) is 31.5 Å². The van der Waals surface area contributed by atoms with E-state index in [-0.39, 0.29) is 40.5 Å². The van der Waals surface area contributed by atoms with E-state index in [1.165, 1.54) is 22.7 Å². The number of carbonyl (C=O) groups excluding carboxylic acids is 2. The van der Waals surface area contributed by atoms with Crippen molar-refractivity contribution in [1.82, 2.24) is 19.9 Å². The Morgan fingerprint density at radius 1 is 1.06 bits per heavy atom. The maximum absolute atomic E-state index is 13.9. The summed E-state index contributed by atoms with van der Waals surface area (Å²) in [6.07, 6.45) is 3.52. The first-order valence-electron chi connectivity index (χ1n) is 16.3. The van der Waals surface area contributed by atoms with E-state index in [1.807, 2.05) is 32.0 Å². The Kier molecular flexibility index (Phi) is 14.2. The Hall–Kier alpha value is -4.32. The number of benzene rings is 3. The second kappa shape index (κ2) is 18.1. The van der Waals surface area contributed by atoms with Crippen molar-refractivity contribution in [2.24, 2.45) is 10.9 Å². The first-order chi connectivity index (χ1) is 25.0. The van der Waals surface area contributed by atoms with Crippen molar-refractivity contribution in [2.75, 3.05) is 25.9 Å². The molecule has 5 rings (SSSR count). The molecule has 0 saturated carbocycles. The van der Waals surface area contributed by atoms with E-state index in [9.17, 15) is 26.4 Å². The summed E-state index contributed by atoms with van der Waals surface area (Å²) in [5, 5.41) is 10.2. The van der Waals surface area contributed by atoms with Crippen LogP contribution in [0, 0.1) is 13.8 Å². The van der Waals surface area contributed by atoms with Crippen LogP contribution in [0.2, 0.25) is 10.0 Å². The van der Waals surface area contributed by atoms with E-state index in [1.54, 1.807) is 30.3 Å². The van der Waals surface area contributed by atoms with Crippen molar-refractivity contribution in [3.63, 3.8) is 0 Å². The average molecular weight is 808 g/mol. The number of hydrazone groups is 1. The van der Waals surface area contributed by atoms with Crippen LogP contribution in [-0.4, -0.2) is 80.6 Å². The number of para-hydroxylation sites is 1. The minimum Gasteiger partial charge on any atom is -0.487 e. The number of hydrogen-bond acceptors (Lipinski definition) is 10. The highest BCUT2D eigenvalue weighted by Gasteiger charge is 2.40. The van der Waals surface area contributed by atoms with Gasteiger partial charge in [-0.25, -0.2) is 13.4 Å². The molecule has 53 heavy (non-hydrogen) atoms. The van der Waals surface area contributed by atoms with Gasteiger partial charge in [-0.05, 0) is 80.6 Å². The number of carbonyl (C=O) groups is 2. The van der Waals surface area contributed by atoms with Crippen LogP contribution >= 0.6 is 23.2 Å². The predicted molar refractivity (Wildman–Crippen MR) is 205 cm³/mol. The standard InChI is InChI=1S/C34H36Cl2N6O5S.CH4O3S/c1-21-18-22(2)41-32-25(21)6-3-8-29(32)47-20-26-27(35)13-14-30(31(26)36)48(45,46)42-17-4-7-28(42)34(44)39-16-5-15-38-33(43)24-11-9-23(10-12-24)19-40-37;1-5(2,3)4/h3,6,8-14,18-19,28H,4-5,7,15-17,20,37H2,1-2H3,(H,38,43)(H,39,44);1H3,(H,2,3,4). The van der Waals surface area contributed by atoms with Crippen molar-refractivity contribution < 1.29 is 35.7 Å². The molecule has 4 aromatic rings. The van der Waals surface area contributed by atoms with E-state index in [2.05, 4.69) is 20.7 Å². The van der Waals surface area contributed by atoms with Gasteiger partial charge in [-0.3, -0.25) is 14.1 Å². The van der Waals surface area contributed by atoms with Gasteiger partial charge in [0.1, 0.15) is 28.8 Å². The van der Waals surface area contributed by atoms with E-state index in [4.69, 9.17) is 38.3 Å². The molecular formula is C35H40Cl2N6O8S2. The lowest BCUT2D eigenvalue weighted by Crippen LogP contribution is -2.46. The molecule has 1 aliphatic rings. The number of nitrogens with one attached hydrogen (secondary N) is 2. The molecule has 0 radical (unpaired) electrons. The number of sulfonamides is 1. The van der Waals surface area contributed by atoms with E-state index >= 15 is 0 Å². The Morgan fingerprint density at radius 2 is 1.74 bits per heavy atom. The van der Waals surface area contributed by atoms with Crippen molar-refractivity contribution >= 4 is 72.3 Å². The van der Waals surface area contributed by atoms with E-state index < -0.39 is 32.1 Å². The summed E-state index contributed by atoms with van der Waals surface area (Å²) in [4.78, 5) is 30.0. The molecule has 18 heteroatoms. The molecule has 0 aliphatic carbocycles. The maximum Gasteiger partial charge on any atom is 0.261 e. The number of amides is 2. The molecule has 3 aromatic carbocycles. The van der Waals surface area contributed by atoms with Gasteiger partial charge in [0.15, 0.2) is 0 Å². The fraction of sp³-hybridized carbons (Fsp3) is 0.314. The molecular weight excluding hydrogens is 767 g/mol. The smallest absolute Gasteiger partial charge is 0.261 e. The highest BCUT2D eigenvalue weighted by atomic mass is 35.5. The van der Waals surface area contributed by atoms with Gasteiger partial charge in [-0.2, -0.15) is 17.8 Å². The summed E-state index contributed by atoms with van der Waals surface area (Å²) in [5.74, 6) is 4.99. The number of nitrogens with two attached hydrogens (primary N) is 1. The van der Waals surface area contributed by atoms with Crippen molar-refractivity contribution in [2.45, 2.75) is 50.7 Å². The van der Waals surface area contributed by atoms with Crippen LogP contribution in [0.5, 0.6) is 5.75 Å². The minimum absolute atomic E-state index is 0.0630. The molecule has 1 aliphatic heterocycles. The minimum atomic E-state index is -4.17. The fourth-order valence-electron chi connectivity index (χ4n) is 5.67. The number of aromatic nitrogens is 1. The Morgan fingerprint density at radius 3 is 2.42 bits per heavy atom. The lowest BCUT2D eigenvalue weighted by atomic mass is 10.1. The molecule has 0 bridgehead atoms. The zero-order chi connectivity index (χ0) is 38.9. The summed E-state index contributed by atoms with van der Waals surface area (Å²) in [6, 6.07) is 16.3. The van der Waals surface area contributed by atoms with Gasteiger partial charge in [0.2, 0.25) is 15.9 Å². The number of hydrogen-bond donors (Lipinski definition) is 4. The third-order valence-corrected chi connectivity index (χ3v) is 10.9. The summed E-state index contributed by atoms with van der Waals surface area (Å²) in [5.41, 5.74) is 4.14. The van der Waals surface area contributed by atoms with Crippen LogP contribution in [0.4, 0.5) is 0 Å². The van der Waals surface area contributed by atoms with E-state index in [0.717, 1.165) is 22.2 Å². The van der Waals surface area contributed by atoms with Gasteiger partial charge in [-0.15, -0.1) is 0 Å². The number of pyridine rings is 1. The van der Waals surface area contributed by atoms with Crippen molar-refractivity contribution in [1.29, 1.82) is 0 Å². The maximum atomic E-state index is 13.9. The lowest BCUT2D eigenvalue weighted by Gasteiger charge is -2.24. The Labute approximate surface area is 318 Å². The first-order valence-corrected chi connectivity index (χ1v) is 20.4. The lowest BCUT2D eigenvalue weighted by molar-refractivity contribution is -0.124. The first kappa shape index (κ1) is 41.4. The number of rotatable bonds is 12. The van der Waals surface area contributed by atoms with Gasteiger partial charge in [-0.1, -0.05) is 47.5 Å². The van der Waals surface area contributed by atoms with Gasteiger partial charge in [0.25, 0.3) is 16.0 Å². The second-order valence-electron chi connectivity index (χ2n) is 12.2. The number of fused-ring (bicyclic) bond motifs is 1. The number of halogens is 2. The molecule has 1 unspecified atom stereocenters. The number of nitrogens with zero attached hydrogens (tertiary/aromatic N) is 3. The molecule has 1 atom stereocenters. The third kappa shape index (κ3) is 11.1. The van der Waals surface area contributed by atoms with E-state index in [0.29, 0.717) is 54.5 Å². The molecule has 284 valence electrons. The zero-order valence-corrected chi connectivity index (χ0v) is 32.3. The molecule has 2 amide bonds. The summed E-state index contributed by atoms with van der Waals surface area (Å²) in [7, 11) is -7.84. The topological polar surface area (TPSA) is 210 Å². The summed E-state index contributed by atoms with van der Waals surface area (Å²) in [6.45, 7) is 4.54. The number of ether oxygens (including phenoxy) is 1. The fourth-order valence-corrected chi connectivity index (χ4v) is 8.19. The van der Waals surface area contributed by atoms with Crippen LogP contribution in [0.25, 0.3) is 10.9 Å². The van der Waals surface area contributed by atoms with Crippen LogP contribution in [0.3, 0.4) is 0 Å². The molecule has 0 spiro atoms. The molecule has 2 heterocycles. The quantitative estimate of drug-likeness (QED) is 0.0513. The highest BCUT2D eigenvalue weighted by Crippen LogP contribution is 2.36. The third-order valence-electron chi connectivity index (χ3n) is 8.09. The van der Waals surface area contributed by atoms with Crippen LogP contribution in [0.15, 0.2) is 70.7 Å². The predicted octanol–water partition coefficient (Wildman–Crippen LogP) is 4.62. The van der Waals surface area contributed by atoms with Gasteiger partial charge in [0.05, 0.1) is 17.5 Å². The van der Waals surface area contributed by atoms with Crippen molar-refractivity contribution in [3.8, 4) is 5.75 Å². The Bertz CT molecular complexity index is 2210. The molecule has 14 nitrogen and oxygen atoms in total. The monoisotopic (exact) mass is 806 g/mol. The average Bonchev–Trinajstić information content (AvgIpc) is 3.59. The largest absolute Gasteiger partial charge is 0.487 e. The molecule has 1 fully saturated rings. The van der Waals surface area contributed by atoms with Gasteiger partial charge < -0.3 is 21.2 Å². The van der Waals surface area contributed by atoms with Crippen molar-refractivity contribution in [3.05, 3.63) is 98.7 Å². The van der Waals surface area contributed by atoms with Gasteiger partial charge in [0, 0.05) is 46.9 Å². The molecule has 1 aromatic heterocycles. The summed E-state index contributed by atoms with van der Waals surface area (Å²) >= 11 is 13.2.